The second kappa shape index (κ2) is 4.83. The third-order valence-corrected chi connectivity index (χ3v) is 2.01. The molecule has 1 heterocycles. The summed E-state index contributed by atoms with van der Waals surface area (Å²) in [5, 5.41) is 0. The fourth-order valence-electron chi connectivity index (χ4n) is 0.870. The molecule has 0 bridgehead atoms. The molecule has 0 fully saturated rings. The minimum atomic E-state index is 0.0276. The van der Waals surface area contributed by atoms with Crippen molar-refractivity contribution in [2.24, 2.45) is 5.84 Å². The van der Waals surface area contributed by atoms with Crippen LogP contribution in [0.1, 0.15) is 24.6 Å². The molecule has 1 rings (SSSR count). The minimum absolute atomic E-state index is 0.0276. The summed E-state index contributed by atoms with van der Waals surface area (Å²) in [4.78, 5) is 0. The fraction of sp³-hybridized carbons (Fsp3) is 0.429. The molecule has 0 aromatic carbocycles. The van der Waals surface area contributed by atoms with Crippen molar-refractivity contribution in [1.29, 1.82) is 0 Å². The SMILES string of the molecule is C#CCCC(NN)c1cnsn1. The van der Waals surface area contributed by atoms with Crippen LogP contribution in [0.4, 0.5) is 0 Å². The summed E-state index contributed by atoms with van der Waals surface area (Å²) in [5.41, 5.74) is 3.51. The van der Waals surface area contributed by atoms with E-state index in [1.165, 1.54) is 11.7 Å². The molecule has 0 spiro atoms. The number of nitrogens with two attached hydrogens (primary N) is 1. The second-order valence-corrected chi connectivity index (χ2v) is 2.85. The molecule has 1 atom stereocenters. The molecule has 1 aromatic heterocycles. The van der Waals surface area contributed by atoms with Crippen LogP contribution < -0.4 is 11.3 Å². The summed E-state index contributed by atoms with van der Waals surface area (Å²) in [6.07, 6.45) is 8.31. The Morgan fingerprint density at radius 2 is 2.67 bits per heavy atom. The van der Waals surface area contributed by atoms with Crippen molar-refractivity contribution in [2.75, 3.05) is 0 Å². The van der Waals surface area contributed by atoms with E-state index < -0.39 is 0 Å². The molecule has 64 valence electrons. The summed E-state index contributed by atoms with van der Waals surface area (Å²) in [5.74, 6) is 7.88. The Morgan fingerprint density at radius 3 is 3.17 bits per heavy atom. The molecule has 0 saturated heterocycles. The average molecular weight is 182 g/mol. The number of hydrogen-bond acceptors (Lipinski definition) is 5. The molecule has 0 aliphatic rings. The lowest BCUT2D eigenvalue weighted by molar-refractivity contribution is 0.515. The van der Waals surface area contributed by atoms with Crippen LogP contribution in [-0.4, -0.2) is 8.75 Å². The summed E-state index contributed by atoms with van der Waals surface area (Å²) in [7, 11) is 0. The van der Waals surface area contributed by atoms with Gasteiger partial charge in [0.1, 0.15) is 0 Å². The zero-order chi connectivity index (χ0) is 8.81. The smallest absolute Gasteiger partial charge is 0.0926 e. The van der Waals surface area contributed by atoms with Gasteiger partial charge in [0.25, 0.3) is 0 Å². The Bertz CT molecular complexity index is 251. The highest BCUT2D eigenvalue weighted by atomic mass is 32.1. The monoisotopic (exact) mass is 182 g/mol. The quantitative estimate of drug-likeness (QED) is 0.403. The van der Waals surface area contributed by atoms with Gasteiger partial charge in [0.2, 0.25) is 0 Å². The molecule has 0 aliphatic carbocycles. The van der Waals surface area contributed by atoms with Crippen LogP contribution in [0.5, 0.6) is 0 Å². The lowest BCUT2D eigenvalue weighted by Gasteiger charge is -2.09. The topological polar surface area (TPSA) is 63.8 Å². The van der Waals surface area contributed by atoms with Crippen LogP contribution in [0.2, 0.25) is 0 Å². The largest absolute Gasteiger partial charge is 0.271 e. The predicted molar refractivity (Wildman–Crippen MR) is 48.0 cm³/mol. The van der Waals surface area contributed by atoms with Gasteiger partial charge in [-0.1, -0.05) is 0 Å². The molecule has 0 amide bonds. The van der Waals surface area contributed by atoms with Gasteiger partial charge >= 0.3 is 0 Å². The molecule has 1 aromatic rings. The molecule has 3 N–H and O–H groups in total. The van der Waals surface area contributed by atoms with Crippen LogP contribution in [0.25, 0.3) is 0 Å². The van der Waals surface area contributed by atoms with E-state index in [4.69, 9.17) is 12.3 Å². The molecule has 0 aliphatic heterocycles. The number of hydrogen-bond donors (Lipinski definition) is 2. The molecule has 12 heavy (non-hydrogen) atoms. The number of hydrazine groups is 1. The summed E-state index contributed by atoms with van der Waals surface area (Å²) in [6, 6.07) is 0.0276. The maximum atomic E-state index is 5.32. The molecule has 5 heteroatoms. The zero-order valence-electron chi connectivity index (χ0n) is 6.53. The van der Waals surface area contributed by atoms with E-state index >= 15 is 0 Å². The van der Waals surface area contributed by atoms with Crippen LogP contribution in [0.3, 0.4) is 0 Å². The van der Waals surface area contributed by atoms with Gasteiger partial charge in [0.05, 0.1) is 29.7 Å². The number of aromatic nitrogens is 2. The van der Waals surface area contributed by atoms with Crippen molar-refractivity contribution in [2.45, 2.75) is 18.9 Å². The number of nitrogens with one attached hydrogen (secondary N) is 1. The van der Waals surface area contributed by atoms with Crippen LogP contribution in [0, 0.1) is 12.3 Å². The molecule has 0 radical (unpaired) electrons. The predicted octanol–water partition coefficient (Wildman–Crippen LogP) is 0.456. The highest BCUT2D eigenvalue weighted by Crippen LogP contribution is 2.14. The lowest BCUT2D eigenvalue weighted by Crippen LogP contribution is -2.28. The van der Waals surface area contributed by atoms with Gasteiger partial charge in [-0.3, -0.25) is 11.3 Å². The van der Waals surface area contributed by atoms with Crippen LogP contribution >= 0.6 is 11.7 Å². The van der Waals surface area contributed by atoms with Crippen LogP contribution in [-0.2, 0) is 0 Å². The van der Waals surface area contributed by atoms with Crippen molar-refractivity contribution in [1.82, 2.24) is 14.2 Å². The molecule has 1 unspecified atom stereocenters. The maximum absolute atomic E-state index is 5.32. The standard InChI is InChI=1S/C7H10N4S/c1-2-3-4-6(10-8)7-5-9-12-11-7/h1,5-6,10H,3-4,8H2. The first kappa shape index (κ1) is 9.13. The number of terminal acetylenes is 1. The maximum Gasteiger partial charge on any atom is 0.0926 e. The van der Waals surface area contributed by atoms with Crippen molar-refractivity contribution in [3.05, 3.63) is 11.9 Å². The Hall–Kier alpha value is -0.960. The van der Waals surface area contributed by atoms with E-state index in [1.54, 1.807) is 6.20 Å². The van der Waals surface area contributed by atoms with Gasteiger partial charge < -0.3 is 0 Å². The van der Waals surface area contributed by atoms with Gasteiger partial charge in [-0.15, -0.1) is 12.3 Å². The lowest BCUT2D eigenvalue weighted by atomic mass is 10.1. The summed E-state index contributed by atoms with van der Waals surface area (Å²) < 4.78 is 7.94. The molecular formula is C7H10N4S. The van der Waals surface area contributed by atoms with Gasteiger partial charge in [0.15, 0.2) is 0 Å². The molecule has 0 saturated carbocycles. The highest BCUT2D eigenvalue weighted by molar-refractivity contribution is 6.99. The highest BCUT2D eigenvalue weighted by Gasteiger charge is 2.10. The summed E-state index contributed by atoms with van der Waals surface area (Å²) >= 11 is 1.17. The van der Waals surface area contributed by atoms with E-state index in [0.29, 0.717) is 6.42 Å². The van der Waals surface area contributed by atoms with Crippen molar-refractivity contribution in [3.63, 3.8) is 0 Å². The van der Waals surface area contributed by atoms with Crippen molar-refractivity contribution in [3.8, 4) is 12.3 Å². The van der Waals surface area contributed by atoms with Crippen LogP contribution in [0.15, 0.2) is 6.20 Å². The Kier molecular flexibility index (Phi) is 3.67. The average Bonchev–Trinajstić information content (AvgIpc) is 2.59. The van der Waals surface area contributed by atoms with E-state index in [1.807, 2.05) is 0 Å². The van der Waals surface area contributed by atoms with E-state index in [-0.39, 0.29) is 6.04 Å². The third-order valence-electron chi connectivity index (χ3n) is 1.51. The van der Waals surface area contributed by atoms with Gasteiger partial charge in [-0.2, -0.15) is 8.75 Å². The Morgan fingerprint density at radius 1 is 1.83 bits per heavy atom. The van der Waals surface area contributed by atoms with Gasteiger partial charge in [-0.25, -0.2) is 0 Å². The van der Waals surface area contributed by atoms with Gasteiger partial charge in [-0.05, 0) is 6.42 Å². The second-order valence-electron chi connectivity index (χ2n) is 2.29. The molecular weight excluding hydrogens is 172 g/mol. The van der Waals surface area contributed by atoms with E-state index in [9.17, 15) is 0 Å². The Balaban J connectivity index is 2.52. The van der Waals surface area contributed by atoms with E-state index in [2.05, 4.69) is 20.1 Å². The fourth-order valence-corrected chi connectivity index (χ4v) is 1.34. The zero-order valence-corrected chi connectivity index (χ0v) is 7.34. The first-order valence-corrected chi connectivity index (χ1v) is 4.28. The first-order valence-electron chi connectivity index (χ1n) is 3.55. The van der Waals surface area contributed by atoms with Crippen molar-refractivity contribution >= 4 is 11.7 Å². The minimum Gasteiger partial charge on any atom is -0.271 e. The normalized spacial score (nSPS) is 12.3. The third kappa shape index (κ3) is 2.27. The van der Waals surface area contributed by atoms with Gasteiger partial charge in [0, 0.05) is 6.42 Å². The number of nitrogens with zero attached hydrogens (tertiary/aromatic N) is 2. The summed E-state index contributed by atoms with van der Waals surface area (Å²) in [6.45, 7) is 0. The van der Waals surface area contributed by atoms with E-state index in [0.717, 1.165) is 12.1 Å². The first-order chi connectivity index (χ1) is 5.88. The number of rotatable bonds is 4. The Labute approximate surface area is 75.5 Å². The van der Waals surface area contributed by atoms with Crippen molar-refractivity contribution < 1.29 is 0 Å². The molecule has 4 nitrogen and oxygen atoms in total.